The molecule has 6 nitrogen and oxygen atoms in total. The lowest BCUT2D eigenvalue weighted by Crippen LogP contribution is -2.30. The van der Waals surface area contributed by atoms with Gasteiger partial charge in [-0.3, -0.25) is 14.4 Å². The fourth-order valence-corrected chi connectivity index (χ4v) is 9.33. The van der Waals surface area contributed by atoms with E-state index in [9.17, 15) is 14.4 Å². The molecule has 0 aliphatic rings. The Labute approximate surface area is 412 Å². The molecule has 6 heteroatoms. The van der Waals surface area contributed by atoms with Gasteiger partial charge in [0.25, 0.3) is 0 Å². The topological polar surface area (TPSA) is 78.9 Å². The van der Waals surface area contributed by atoms with Crippen molar-refractivity contribution < 1.29 is 28.6 Å². The van der Waals surface area contributed by atoms with Crippen molar-refractivity contribution in [1.29, 1.82) is 0 Å². The van der Waals surface area contributed by atoms with Crippen molar-refractivity contribution in [3.8, 4) is 0 Å². The van der Waals surface area contributed by atoms with Gasteiger partial charge < -0.3 is 14.2 Å². The van der Waals surface area contributed by atoms with Gasteiger partial charge in [-0.25, -0.2) is 0 Å². The molecule has 0 aromatic heterocycles. The summed E-state index contributed by atoms with van der Waals surface area (Å²) < 4.78 is 16.9. The number of esters is 3. The van der Waals surface area contributed by atoms with E-state index < -0.39 is 6.10 Å². The molecule has 0 aliphatic heterocycles. The molecular weight excluding hydrogens is 817 g/mol. The minimum absolute atomic E-state index is 0.0610. The Morgan fingerprint density at radius 3 is 0.606 bits per heavy atom. The highest BCUT2D eigenvalue weighted by Crippen LogP contribution is 2.18. The van der Waals surface area contributed by atoms with Crippen molar-refractivity contribution in [2.75, 3.05) is 13.2 Å². The van der Waals surface area contributed by atoms with Crippen LogP contribution < -0.4 is 0 Å². The first-order chi connectivity index (χ1) is 32.5. The molecule has 0 saturated carbocycles. The third kappa shape index (κ3) is 53.4. The zero-order valence-corrected chi connectivity index (χ0v) is 45.0. The van der Waals surface area contributed by atoms with Crippen LogP contribution in [-0.4, -0.2) is 37.2 Å². The van der Waals surface area contributed by atoms with Crippen molar-refractivity contribution in [2.24, 2.45) is 0 Å². The number of carbonyl (C=O) groups excluding carboxylic acids is 3. The lowest BCUT2D eigenvalue weighted by Gasteiger charge is -2.18. The monoisotopic (exact) mass is 933 g/mol. The molecule has 0 aromatic carbocycles. The van der Waals surface area contributed by atoms with Gasteiger partial charge in [0, 0.05) is 19.3 Å². The van der Waals surface area contributed by atoms with E-state index in [2.05, 4.69) is 20.8 Å². The van der Waals surface area contributed by atoms with E-state index in [1.54, 1.807) is 0 Å². The SMILES string of the molecule is CCCCCCCCCCCCCCCCCCCCCCC(=O)OCC(COC(=O)CCCCCCCCCCCCC)OC(=O)CCCCCCCCCCCCCCCCCCC. The maximum absolute atomic E-state index is 12.9. The Kier molecular flexibility index (Phi) is 54.7. The van der Waals surface area contributed by atoms with E-state index in [0.29, 0.717) is 19.3 Å². The van der Waals surface area contributed by atoms with Gasteiger partial charge in [-0.1, -0.05) is 310 Å². The van der Waals surface area contributed by atoms with E-state index in [1.807, 2.05) is 0 Å². The normalized spacial score (nSPS) is 11.9. The van der Waals surface area contributed by atoms with Gasteiger partial charge in [-0.2, -0.15) is 0 Å². The summed E-state index contributed by atoms with van der Waals surface area (Å²) in [6.45, 7) is 6.71. The fourth-order valence-electron chi connectivity index (χ4n) is 9.33. The second kappa shape index (κ2) is 56.0. The van der Waals surface area contributed by atoms with Crippen molar-refractivity contribution in [3.63, 3.8) is 0 Å². The maximum Gasteiger partial charge on any atom is 0.306 e. The van der Waals surface area contributed by atoms with Crippen molar-refractivity contribution in [3.05, 3.63) is 0 Å². The summed E-state index contributed by atoms with van der Waals surface area (Å²) >= 11 is 0. The molecule has 1 unspecified atom stereocenters. The van der Waals surface area contributed by atoms with Crippen LogP contribution in [0.2, 0.25) is 0 Å². The number of rotatable bonds is 56. The quantitative estimate of drug-likeness (QED) is 0.0343. The van der Waals surface area contributed by atoms with Crippen LogP contribution in [0.25, 0.3) is 0 Å². The lowest BCUT2D eigenvalue weighted by molar-refractivity contribution is -0.167. The Hall–Kier alpha value is -1.59. The van der Waals surface area contributed by atoms with Crippen LogP contribution in [0.4, 0.5) is 0 Å². The van der Waals surface area contributed by atoms with Crippen LogP contribution in [0.3, 0.4) is 0 Å². The molecule has 0 radical (unpaired) electrons. The van der Waals surface area contributed by atoms with Crippen LogP contribution in [0.1, 0.15) is 348 Å². The summed E-state index contributed by atoms with van der Waals surface area (Å²) in [6, 6.07) is 0. The van der Waals surface area contributed by atoms with Crippen LogP contribution in [0, 0.1) is 0 Å². The Bertz CT molecular complexity index is 982. The van der Waals surface area contributed by atoms with Gasteiger partial charge in [-0.15, -0.1) is 0 Å². The molecular formula is C60H116O6. The van der Waals surface area contributed by atoms with Gasteiger partial charge in [0.15, 0.2) is 6.10 Å². The lowest BCUT2D eigenvalue weighted by atomic mass is 10.0. The number of hydrogen-bond donors (Lipinski definition) is 0. The van der Waals surface area contributed by atoms with Crippen LogP contribution in [-0.2, 0) is 28.6 Å². The van der Waals surface area contributed by atoms with Gasteiger partial charge in [0.2, 0.25) is 0 Å². The summed E-state index contributed by atoms with van der Waals surface area (Å²) in [6.07, 6.45) is 62.4. The molecule has 0 aromatic rings. The van der Waals surface area contributed by atoms with Gasteiger partial charge in [0.1, 0.15) is 13.2 Å². The molecule has 0 spiro atoms. The largest absolute Gasteiger partial charge is 0.462 e. The van der Waals surface area contributed by atoms with E-state index in [0.717, 1.165) is 57.8 Å². The highest BCUT2D eigenvalue weighted by molar-refractivity contribution is 5.71. The van der Waals surface area contributed by atoms with Crippen molar-refractivity contribution >= 4 is 17.9 Å². The zero-order chi connectivity index (χ0) is 47.9. The molecule has 0 N–H and O–H groups in total. The van der Waals surface area contributed by atoms with Crippen molar-refractivity contribution in [1.82, 2.24) is 0 Å². The van der Waals surface area contributed by atoms with E-state index in [-0.39, 0.29) is 31.1 Å². The summed E-state index contributed by atoms with van der Waals surface area (Å²) in [5.41, 5.74) is 0. The first kappa shape index (κ1) is 64.4. The van der Waals surface area contributed by atoms with Crippen LogP contribution >= 0.6 is 0 Å². The summed E-state index contributed by atoms with van der Waals surface area (Å²) in [5, 5.41) is 0. The molecule has 0 rings (SSSR count). The summed E-state index contributed by atoms with van der Waals surface area (Å²) in [5.74, 6) is -0.831. The van der Waals surface area contributed by atoms with Crippen molar-refractivity contribution in [2.45, 2.75) is 354 Å². The minimum Gasteiger partial charge on any atom is -0.462 e. The maximum atomic E-state index is 12.9. The molecule has 0 aliphatic carbocycles. The van der Waals surface area contributed by atoms with E-state index >= 15 is 0 Å². The average molecular weight is 934 g/mol. The minimum atomic E-state index is -0.761. The standard InChI is InChI=1S/C60H116O6/c1-4-7-10-13-16-19-22-24-26-28-29-30-32-33-35-38-41-44-47-50-53-59(62)65-56-57(55-64-58(61)52-49-46-43-40-37-21-18-15-12-9-6-3)66-60(63)54-51-48-45-42-39-36-34-31-27-25-23-20-17-14-11-8-5-2/h57H,4-56H2,1-3H3. The Balaban J connectivity index is 4.22. The Morgan fingerprint density at radius 2 is 0.409 bits per heavy atom. The number of unbranched alkanes of at least 4 members (excludes halogenated alkanes) is 45. The first-order valence-corrected chi connectivity index (χ1v) is 30.0. The summed E-state index contributed by atoms with van der Waals surface area (Å²) in [7, 11) is 0. The van der Waals surface area contributed by atoms with E-state index in [1.165, 1.54) is 250 Å². The highest BCUT2D eigenvalue weighted by Gasteiger charge is 2.19. The molecule has 0 bridgehead atoms. The van der Waals surface area contributed by atoms with Crippen LogP contribution in [0.15, 0.2) is 0 Å². The predicted octanol–water partition coefficient (Wildman–Crippen LogP) is 19.9. The van der Waals surface area contributed by atoms with Gasteiger partial charge in [0.05, 0.1) is 0 Å². The first-order valence-electron chi connectivity index (χ1n) is 30.0. The third-order valence-corrected chi connectivity index (χ3v) is 13.9. The summed E-state index contributed by atoms with van der Waals surface area (Å²) in [4.78, 5) is 38.1. The molecule has 66 heavy (non-hydrogen) atoms. The van der Waals surface area contributed by atoms with Gasteiger partial charge >= 0.3 is 17.9 Å². The number of hydrogen-bond acceptors (Lipinski definition) is 6. The second-order valence-electron chi connectivity index (χ2n) is 20.6. The smallest absolute Gasteiger partial charge is 0.306 e. The zero-order valence-electron chi connectivity index (χ0n) is 45.0. The van der Waals surface area contributed by atoms with Crippen LogP contribution in [0.5, 0.6) is 0 Å². The molecule has 0 saturated heterocycles. The molecule has 392 valence electrons. The fraction of sp³-hybridized carbons (Fsp3) is 0.950. The molecule has 0 fully saturated rings. The highest BCUT2D eigenvalue weighted by atomic mass is 16.6. The van der Waals surface area contributed by atoms with Gasteiger partial charge in [-0.05, 0) is 19.3 Å². The molecule has 1 atom stereocenters. The molecule has 0 amide bonds. The Morgan fingerprint density at radius 1 is 0.242 bits per heavy atom. The second-order valence-corrected chi connectivity index (χ2v) is 20.6. The van der Waals surface area contributed by atoms with E-state index in [4.69, 9.17) is 14.2 Å². The average Bonchev–Trinajstić information content (AvgIpc) is 3.31. The molecule has 0 heterocycles. The number of carbonyl (C=O) groups is 3. The third-order valence-electron chi connectivity index (χ3n) is 13.9. The predicted molar refractivity (Wildman–Crippen MR) is 284 cm³/mol. The number of ether oxygens (including phenoxy) is 3.